The van der Waals surface area contributed by atoms with E-state index in [9.17, 15) is 14.4 Å². The molecule has 3 amide bonds. The fourth-order valence-electron chi connectivity index (χ4n) is 2.76. The fourth-order valence-corrected chi connectivity index (χ4v) is 2.76. The van der Waals surface area contributed by atoms with Gasteiger partial charge < -0.3 is 10.1 Å². The second kappa shape index (κ2) is 10.3. The molecule has 29 heavy (non-hydrogen) atoms. The van der Waals surface area contributed by atoms with Crippen molar-refractivity contribution in [2.45, 2.75) is 33.7 Å². The highest BCUT2D eigenvalue weighted by atomic mass is 16.5. The van der Waals surface area contributed by atoms with E-state index in [-0.39, 0.29) is 18.4 Å². The number of rotatable bonds is 7. The van der Waals surface area contributed by atoms with Gasteiger partial charge in [0.15, 0.2) is 6.61 Å². The number of benzene rings is 2. The average molecular weight is 397 g/mol. The van der Waals surface area contributed by atoms with Gasteiger partial charge in [-0.1, -0.05) is 38.1 Å². The van der Waals surface area contributed by atoms with E-state index >= 15 is 0 Å². The van der Waals surface area contributed by atoms with Crippen LogP contribution >= 0.6 is 0 Å². The van der Waals surface area contributed by atoms with Crippen LogP contribution in [-0.2, 0) is 9.59 Å². The molecular weight excluding hydrogens is 370 g/mol. The highest BCUT2D eigenvalue weighted by Crippen LogP contribution is 2.15. The molecule has 0 aliphatic rings. The van der Waals surface area contributed by atoms with E-state index in [1.807, 2.05) is 32.0 Å². The summed E-state index contributed by atoms with van der Waals surface area (Å²) in [5, 5.41) is 2.69. The first kappa shape index (κ1) is 21.9. The third-order valence-corrected chi connectivity index (χ3v) is 4.16. The Morgan fingerprint density at radius 1 is 0.931 bits per heavy atom. The largest absolute Gasteiger partial charge is 0.484 e. The molecule has 0 spiro atoms. The van der Waals surface area contributed by atoms with Crippen LogP contribution in [0.2, 0.25) is 0 Å². The number of hydrogen-bond donors (Lipinski definition) is 3. The van der Waals surface area contributed by atoms with Gasteiger partial charge in [0.2, 0.25) is 0 Å². The summed E-state index contributed by atoms with van der Waals surface area (Å²) in [6, 6.07) is 13.5. The van der Waals surface area contributed by atoms with Crippen LogP contribution in [-0.4, -0.2) is 30.4 Å². The summed E-state index contributed by atoms with van der Waals surface area (Å²) in [4.78, 5) is 36.7. The lowest BCUT2D eigenvalue weighted by atomic mass is 10.0. The van der Waals surface area contributed by atoms with Crippen molar-refractivity contribution in [3.8, 4) is 5.75 Å². The van der Waals surface area contributed by atoms with Gasteiger partial charge >= 0.3 is 0 Å². The predicted molar refractivity (Wildman–Crippen MR) is 110 cm³/mol. The van der Waals surface area contributed by atoms with E-state index in [1.165, 1.54) is 0 Å². The van der Waals surface area contributed by atoms with Gasteiger partial charge in [0.05, 0.1) is 0 Å². The monoisotopic (exact) mass is 397 g/mol. The Morgan fingerprint density at radius 3 is 2.14 bits per heavy atom. The summed E-state index contributed by atoms with van der Waals surface area (Å²) in [5.41, 5.74) is 7.18. The van der Waals surface area contributed by atoms with Crippen LogP contribution in [0, 0.1) is 19.8 Å². The minimum atomic E-state index is -0.802. The molecule has 0 radical (unpaired) electrons. The first-order valence-corrected chi connectivity index (χ1v) is 9.42. The Hall–Kier alpha value is -3.35. The first-order chi connectivity index (χ1) is 13.8. The second-order valence-electron chi connectivity index (χ2n) is 7.21. The van der Waals surface area contributed by atoms with Crippen molar-refractivity contribution in [2.75, 3.05) is 6.61 Å². The number of aryl methyl sites for hydroxylation is 2. The number of hydrazine groups is 1. The van der Waals surface area contributed by atoms with E-state index in [0.717, 1.165) is 11.1 Å². The van der Waals surface area contributed by atoms with Gasteiger partial charge in [-0.3, -0.25) is 25.2 Å². The van der Waals surface area contributed by atoms with Gasteiger partial charge in [-0.05, 0) is 55.2 Å². The fraction of sp³-hybridized carbons (Fsp3) is 0.318. The van der Waals surface area contributed by atoms with Gasteiger partial charge in [0.25, 0.3) is 17.7 Å². The summed E-state index contributed by atoms with van der Waals surface area (Å²) < 4.78 is 5.46. The molecule has 2 rings (SSSR count). The van der Waals surface area contributed by atoms with Gasteiger partial charge in [-0.25, -0.2) is 0 Å². The maximum absolute atomic E-state index is 12.4. The van der Waals surface area contributed by atoms with Crippen molar-refractivity contribution in [1.82, 2.24) is 16.2 Å². The summed E-state index contributed by atoms with van der Waals surface area (Å²) in [6.07, 6.45) is 0. The maximum atomic E-state index is 12.4. The second-order valence-corrected chi connectivity index (χ2v) is 7.21. The number of nitrogens with one attached hydrogen (secondary N) is 3. The third-order valence-electron chi connectivity index (χ3n) is 4.16. The van der Waals surface area contributed by atoms with Crippen molar-refractivity contribution >= 4 is 17.7 Å². The summed E-state index contributed by atoms with van der Waals surface area (Å²) in [5.74, 6) is -0.965. The van der Waals surface area contributed by atoms with Crippen LogP contribution in [0.4, 0.5) is 0 Å². The molecule has 7 heteroatoms. The van der Waals surface area contributed by atoms with Gasteiger partial charge in [-0.2, -0.15) is 0 Å². The van der Waals surface area contributed by atoms with Crippen molar-refractivity contribution in [1.29, 1.82) is 0 Å². The number of carbonyl (C=O) groups excluding carboxylic acids is 3. The van der Waals surface area contributed by atoms with Crippen molar-refractivity contribution in [3.63, 3.8) is 0 Å². The normalized spacial score (nSPS) is 11.5. The number of ether oxygens (including phenoxy) is 1. The molecule has 0 saturated carbocycles. The Balaban J connectivity index is 1.86. The summed E-state index contributed by atoms with van der Waals surface area (Å²) >= 11 is 0. The smallest absolute Gasteiger partial charge is 0.276 e. The molecule has 2 aromatic rings. The van der Waals surface area contributed by atoms with E-state index in [4.69, 9.17) is 4.74 Å². The zero-order valence-electron chi connectivity index (χ0n) is 17.1. The summed E-state index contributed by atoms with van der Waals surface area (Å²) in [7, 11) is 0. The highest BCUT2D eigenvalue weighted by molar-refractivity contribution is 5.97. The van der Waals surface area contributed by atoms with Gasteiger partial charge in [-0.15, -0.1) is 0 Å². The molecule has 0 saturated heterocycles. The molecule has 1 atom stereocenters. The van der Waals surface area contributed by atoms with Crippen LogP contribution < -0.4 is 20.9 Å². The third kappa shape index (κ3) is 6.95. The maximum Gasteiger partial charge on any atom is 0.276 e. The molecule has 0 aromatic heterocycles. The molecule has 2 aromatic carbocycles. The quantitative estimate of drug-likeness (QED) is 0.625. The van der Waals surface area contributed by atoms with E-state index in [0.29, 0.717) is 11.3 Å². The summed E-state index contributed by atoms with van der Waals surface area (Å²) in [6.45, 7) is 7.25. The Bertz CT molecular complexity index is 845. The molecule has 0 heterocycles. The van der Waals surface area contributed by atoms with Gasteiger partial charge in [0, 0.05) is 5.56 Å². The molecule has 154 valence electrons. The number of hydrogen-bond acceptors (Lipinski definition) is 4. The SMILES string of the molecule is Cc1cc(C)cc(OCC(=O)NNC(=O)C(NC(=O)c2ccccc2)C(C)C)c1. The molecule has 3 N–H and O–H groups in total. The van der Waals surface area contributed by atoms with Crippen LogP contribution in [0.25, 0.3) is 0 Å². The molecule has 0 aliphatic heterocycles. The van der Waals surface area contributed by atoms with Crippen LogP contribution in [0.5, 0.6) is 5.75 Å². The Labute approximate surface area is 170 Å². The van der Waals surface area contributed by atoms with Crippen LogP contribution in [0.15, 0.2) is 48.5 Å². The van der Waals surface area contributed by atoms with Crippen molar-refractivity contribution in [3.05, 3.63) is 65.2 Å². The average Bonchev–Trinajstić information content (AvgIpc) is 2.68. The lowest BCUT2D eigenvalue weighted by molar-refractivity contribution is -0.131. The topological polar surface area (TPSA) is 96.5 Å². The minimum Gasteiger partial charge on any atom is -0.484 e. The van der Waals surface area contributed by atoms with E-state index in [2.05, 4.69) is 16.2 Å². The number of amides is 3. The van der Waals surface area contributed by atoms with Crippen LogP contribution in [0.3, 0.4) is 0 Å². The zero-order valence-corrected chi connectivity index (χ0v) is 17.1. The van der Waals surface area contributed by atoms with E-state index in [1.54, 1.807) is 44.2 Å². The molecule has 1 unspecified atom stereocenters. The standard InChI is InChI=1S/C22H27N3O4/c1-14(2)20(23-21(27)17-8-6-5-7-9-17)22(28)25-24-19(26)13-29-18-11-15(3)10-16(4)12-18/h5-12,14,20H,13H2,1-4H3,(H,23,27)(H,24,26)(H,25,28). The Kier molecular flexibility index (Phi) is 7.77. The van der Waals surface area contributed by atoms with Gasteiger partial charge in [0.1, 0.15) is 11.8 Å². The molecule has 0 fully saturated rings. The molecule has 0 aliphatic carbocycles. The van der Waals surface area contributed by atoms with Crippen molar-refractivity contribution < 1.29 is 19.1 Å². The lowest BCUT2D eigenvalue weighted by Gasteiger charge is -2.22. The van der Waals surface area contributed by atoms with Crippen molar-refractivity contribution in [2.24, 2.45) is 5.92 Å². The zero-order chi connectivity index (χ0) is 21.4. The van der Waals surface area contributed by atoms with E-state index < -0.39 is 17.9 Å². The molecule has 0 bridgehead atoms. The Morgan fingerprint density at radius 2 is 1.55 bits per heavy atom. The first-order valence-electron chi connectivity index (χ1n) is 9.42. The predicted octanol–water partition coefficient (Wildman–Crippen LogP) is 2.28. The minimum absolute atomic E-state index is 0.175. The molecule has 7 nitrogen and oxygen atoms in total. The highest BCUT2D eigenvalue weighted by Gasteiger charge is 2.25. The van der Waals surface area contributed by atoms with Crippen LogP contribution in [0.1, 0.15) is 35.3 Å². The lowest BCUT2D eigenvalue weighted by Crippen LogP contribution is -2.54. The molecular formula is C22H27N3O4. The number of carbonyl (C=O) groups is 3.